The average molecular weight is 283 g/mol. The smallest absolute Gasteiger partial charge is 0.385 e. The van der Waals surface area contributed by atoms with E-state index in [-0.39, 0.29) is 18.7 Å². The number of benzene rings is 1. The summed E-state index contributed by atoms with van der Waals surface area (Å²) in [5.74, 6) is -0.492. The maximum absolute atomic E-state index is 12.6. The Hall–Kier alpha value is -1.28. The average Bonchev–Trinajstić information content (AvgIpc) is 2.22. The van der Waals surface area contributed by atoms with Crippen LogP contribution in [-0.2, 0) is 16.3 Å². The summed E-state index contributed by atoms with van der Waals surface area (Å²) in [4.78, 5) is 0. The maximum atomic E-state index is 12.6. The van der Waals surface area contributed by atoms with Crippen molar-refractivity contribution in [3.63, 3.8) is 0 Å². The molecule has 0 atom stereocenters. The van der Waals surface area contributed by atoms with E-state index in [1.54, 1.807) is 0 Å². The van der Waals surface area contributed by atoms with Gasteiger partial charge in [-0.25, -0.2) is 0 Å². The van der Waals surface area contributed by atoms with Gasteiger partial charge in [-0.1, -0.05) is 12.1 Å². The topological polar surface area (TPSA) is 66.4 Å². The van der Waals surface area contributed by atoms with Crippen LogP contribution in [0.2, 0.25) is 0 Å². The van der Waals surface area contributed by atoms with Gasteiger partial charge in [-0.2, -0.15) is 21.6 Å². The molecule has 0 bridgehead atoms. The molecule has 18 heavy (non-hydrogen) atoms. The number of rotatable bonds is 5. The molecule has 8 heteroatoms. The zero-order valence-corrected chi connectivity index (χ0v) is 10.1. The molecule has 0 saturated heterocycles. The van der Waals surface area contributed by atoms with Gasteiger partial charge in [0.25, 0.3) is 10.1 Å². The molecule has 102 valence electrons. The Morgan fingerprint density at radius 3 is 2.39 bits per heavy atom. The lowest BCUT2D eigenvalue weighted by Crippen LogP contribution is -2.14. The van der Waals surface area contributed by atoms with Crippen LogP contribution in [0.3, 0.4) is 0 Å². The van der Waals surface area contributed by atoms with Gasteiger partial charge in [0.1, 0.15) is 0 Å². The monoisotopic (exact) mass is 283 g/mol. The summed E-state index contributed by atoms with van der Waals surface area (Å²) >= 11 is 0. The Morgan fingerprint density at radius 1 is 1.22 bits per heavy atom. The van der Waals surface area contributed by atoms with Gasteiger partial charge < -0.3 is 5.32 Å². The number of para-hydroxylation sites is 1. The summed E-state index contributed by atoms with van der Waals surface area (Å²) < 4.78 is 67.0. The van der Waals surface area contributed by atoms with Crippen molar-refractivity contribution in [3.8, 4) is 0 Å². The zero-order valence-electron chi connectivity index (χ0n) is 9.24. The highest BCUT2D eigenvalue weighted by Gasteiger charge is 2.32. The Balaban J connectivity index is 2.63. The highest BCUT2D eigenvalue weighted by molar-refractivity contribution is 7.85. The molecule has 1 aromatic rings. The molecule has 0 aliphatic heterocycles. The lowest BCUT2D eigenvalue weighted by atomic mass is 10.1. The summed E-state index contributed by atoms with van der Waals surface area (Å²) in [7, 11) is -4.08. The minimum Gasteiger partial charge on any atom is -0.385 e. The quantitative estimate of drug-likeness (QED) is 0.643. The number of nitrogens with one attached hydrogen (secondary N) is 1. The Bertz CT molecular complexity index is 499. The van der Waals surface area contributed by atoms with Crippen molar-refractivity contribution < 1.29 is 26.1 Å². The first kappa shape index (κ1) is 14.8. The van der Waals surface area contributed by atoms with Crippen LogP contribution in [0.1, 0.15) is 12.0 Å². The van der Waals surface area contributed by atoms with Crippen LogP contribution in [0.25, 0.3) is 0 Å². The molecule has 0 heterocycles. The molecule has 0 aliphatic carbocycles. The number of hydrogen-bond donors (Lipinski definition) is 2. The van der Waals surface area contributed by atoms with Crippen molar-refractivity contribution in [2.75, 3.05) is 17.6 Å². The van der Waals surface area contributed by atoms with E-state index in [0.29, 0.717) is 0 Å². The Kier molecular flexibility index (Phi) is 4.58. The fourth-order valence-electron chi connectivity index (χ4n) is 1.36. The third-order valence-electron chi connectivity index (χ3n) is 2.13. The first-order chi connectivity index (χ1) is 8.20. The molecule has 1 rings (SSSR count). The molecule has 4 nitrogen and oxygen atoms in total. The molecule has 0 saturated carbocycles. The third kappa shape index (κ3) is 4.92. The van der Waals surface area contributed by atoms with Crippen LogP contribution < -0.4 is 5.32 Å². The molecule has 1 aromatic carbocycles. The largest absolute Gasteiger partial charge is 0.418 e. The Labute approximate surface area is 103 Å². The lowest BCUT2D eigenvalue weighted by molar-refractivity contribution is -0.136. The predicted octanol–water partition coefficient (Wildman–Crippen LogP) is 2.40. The van der Waals surface area contributed by atoms with Crippen LogP contribution in [0.15, 0.2) is 24.3 Å². The molecule has 0 radical (unpaired) electrons. The van der Waals surface area contributed by atoms with E-state index in [0.717, 1.165) is 6.07 Å². The van der Waals surface area contributed by atoms with E-state index in [2.05, 4.69) is 5.32 Å². The van der Waals surface area contributed by atoms with Gasteiger partial charge in [0.15, 0.2) is 0 Å². The zero-order chi connectivity index (χ0) is 13.8. The fraction of sp³-hybridized carbons (Fsp3) is 0.400. The number of halogens is 3. The van der Waals surface area contributed by atoms with Crippen molar-refractivity contribution in [2.45, 2.75) is 12.6 Å². The summed E-state index contributed by atoms with van der Waals surface area (Å²) in [5, 5.41) is 2.50. The van der Waals surface area contributed by atoms with Gasteiger partial charge in [-0.15, -0.1) is 0 Å². The van der Waals surface area contributed by atoms with Crippen LogP contribution in [0, 0.1) is 0 Å². The summed E-state index contributed by atoms with van der Waals surface area (Å²) in [5.41, 5.74) is -0.919. The van der Waals surface area contributed by atoms with Crippen molar-refractivity contribution in [1.82, 2.24) is 0 Å². The van der Waals surface area contributed by atoms with Crippen molar-refractivity contribution in [3.05, 3.63) is 29.8 Å². The normalized spacial score (nSPS) is 12.4. The second kappa shape index (κ2) is 5.57. The van der Waals surface area contributed by atoms with Gasteiger partial charge in [-0.3, -0.25) is 4.55 Å². The fourth-order valence-corrected chi connectivity index (χ4v) is 1.87. The van der Waals surface area contributed by atoms with Gasteiger partial charge in [0.2, 0.25) is 0 Å². The third-order valence-corrected chi connectivity index (χ3v) is 2.93. The van der Waals surface area contributed by atoms with Gasteiger partial charge in [0, 0.05) is 12.2 Å². The van der Waals surface area contributed by atoms with E-state index in [4.69, 9.17) is 4.55 Å². The summed E-state index contributed by atoms with van der Waals surface area (Å²) in [6, 6.07) is 4.91. The molecule has 0 aromatic heterocycles. The molecule has 0 amide bonds. The minimum atomic E-state index is -4.47. The SMILES string of the molecule is O=S(=O)(O)CCCNc1ccccc1C(F)(F)F. The first-order valence-corrected chi connectivity index (χ1v) is 6.66. The van der Waals surface area contributed by atoms with Crippen molar-refractivity contribution >= 4 is 15.8 Å². The van der Waals surface area contributed by atoms with Crippen LogP contribution in [0.5, 0.6) is 0 Å². The van der Waals surface area contributed by atoms with Gasteiger partial charge in [0.05, 0.1) is 11.3 Å². The predicted molar refractivity (Wildman–Crippen MR) is 61.0 cm³/mol. The highest BCUT2D eigenvalue weighted by atomic mass is 32.2. The summed E-state index contributed by atoms with van der Waals surface area (Å²) in [6.45, 7) is 0.0207. The maximum Gasteiger partial charge on any atom is 0.418 e. The van der Waals surface area contributed by atoms with Gasteiger partial charge in [-0.05, 0) is 18.6 Å². The number of hydrogen-bond acceptors (Lipinski definition) is 3. The van der Waals surface area contributed by atoms with E-state index in [1.807, 2.05) is 0 Å². The molecule has 2 N–H and O–H groups in total. The number of anilines is 1. The first-order valence-electron chi connectivity index (χ1n) is 5.05. The minimum absolute atomic E-state index is 0.0189. The molecule has 0 fully saturated rings. The second-order valence-corrected chi connectivity index (χ2v) is 5.18. The molecular weight excluding hydrogens is 271 g/mol. The van der Waals surface area contributed by atoms with Crippen molar-refractivity contribution in [2.24, 2.45) is 0 Å². The highest BCUT2D eigenvalue weighted by Crippen LogP contribution is 2.34. The van der Waals surface area contributed by atoms with E-state index >= 15 is 0 Å². The van der Waals surface area contributed by atoms with E-state index < -0.39 is 27.6 Å². The lowest BCUT2D eigenvalue weighted by Gasteiger charge is -2.13. The standard InChI is InChI=1S/C10H12F3NO3S/c11-10(12,13)8-4-1-2-5-9(8)14-6-3-7-18(15,16)17/h1-2,4-5,14H,3,6-7H2,(H,15,16,17). The van der Waals surface area contributed by atoms with Crippen LogP contribution >= 0.6 is 0 Å². The van der Waals surface area contributed by atoms with E-state index in [9.17, 15) is 21.6 Å². The Morgan fingerprint density at radius 2 is 1.83 bits per heavy atom. The van der Waals surface area contributed by atoms with Crippen LogP contribution in [-0.4, -0.2) is 25.3 Å². The summed E-state index contributed by atoms with van der Waals surface area (Å²) in [6.07, 6.45) is -4.45. The molecule has 0 aliphatic rings. The van der Waals surface area contributed by atoms with Crippen LogP contribution in [0.4, 0.5) is 18.9 Å². The molecule has 0 spiro atoms. The van der Waals surface area contributed by atoms with E-state index in [1.165, 1.54) is 18.2 Å². The van der Waals surface area contributed by atoms with Gasteiger partial charge >= 0.3 is 6.18 Å². The molecular formula is C10H12F3NO3S. The number of alkyl halides is 3. The second-order valence-electron chi connectivity index (χ2n) is 3.61. The molecule has 0 unspecified atom stereocenters. The van der Waals surface area contributed by atoms with Crippen molar-refractivity contribution in [1.29, 1.82) is 0 Å².